The van der Waals surface area contributed by atoms with Crippen molar-refractivity contribution in [2.75, 3.05) is 0 Å². The van der Waals surface area contributed by atoms with Gasteiger partial charge in [-0.3, -0.25) is 4.79 Å². The molecule has 0 aromatic carbocycles. The monoisotopic (exact) mass is 229 g/mol. The van der Waals surface area contributed by atoms with Crippen LogP contribution in [-0.4, -0.2) is 5.78 Å². The van der Waals surface area contributed by atoms with E-state index in [0.29, 0.717) is 6.42 Å². The van der Waals surface area contributed by atoms with Crippen LogP contribution in [0, 0.1) is 22.7 Å². The Morgan fingerprint density at radius 2 is 2.24 bits per heavy atom. The second-order valence-electron chi connectivity index (χ2n) is 5.37. The molecule has 0 aromatic rings. The standard InChI is InChI=1S/C15H19NO/c1-11(7-8-16)5-6-14-12(2)9-13(17)10-15(14,3)4/h5-7,9,14H,10H2,1-4H3/b6-5+,11-7+/t14-/m1/s1. The van der Waals surface area contributed by atoms with Crippen LogP contribution in [0.5, 0.6) is 0 Å². The maximum absolute atomic E-state index is 11.5. The van der Waals surface area contributed by atoms with Gasteiger partial charge in [-0.2, -0.15) is 5.26 Å². The first-order chi connectivity index (χ1) is 7.86. The fraction of sp³-hybridized carbons (Fsp3) is 0.467. The molecule has 17 heavy (non-hydrogen) atoms. The van der Waals surface area contributed by atoms with E-state index in [-0.39, 0.29) is 17.1 Å². The molecule has 2 heteroatoms. The Bertz CT molecular complexity index is 444. The van der Waals surface area contributed by atoms with Crippen molar-refractivity contribution in [2.45, 2.75) is 34.1 Å². The van der Waals surface area contributed by atoms with Crippen LogP contribution >= 0.6 is 0 Å². The molecule has 1 aliphatic carbocycles. The molecule has 0 saturated heterocycles. The molecule has 0 N–H and O–H groups in total. The molecule has 0 amide bonds. The third kappa shape index (κ3) is 3.42. The van der Waals surface area contributed by atoms with Crippen molar-refractivity contribution >= 4 is 5.78 Å². The first-order valence-corrected chi connectivity index (χ1v) is 5.82. The lowest BCUT2D eigenvalue weighted by molar-refractivity contribution is -0.117. The summed E-state index contributed by atoms with van der Waals surface area (Å²) in [4.78, 5) is 11.5. The molecule has 0 heterocycles. The summed E-state index contributed by atoms with van der Waals surface area (Å²) in [5, 5.41) is 8.55. The number of ketones is 1. The first kappa shape index (κ1) is 13.4. The Balaban J connectivity index is 2.97. The second kappa shape index (κ2) is 5.14. The van der Waals surface area contributed by atoms with E-state index in [1.165, 1.54) is 6.08 Å². The summed E-state index contributed by atoms with van der Waals surface area (Å²) in [6, 6.07) is 2.01. The summed E-state index contributed by atoms with van der Waals surface area (Å²) < 4.78 is 0. The van der Waals surface area contributed by atoms with Gasteiger partial charge in [0.1, 0.15) is 0 Å². The van der Waals surface area contributed by atoms with Gasteiger partial charge in [-0.25, -0.2) is 0 Å². The molecule has 0 radical (unpaired) electrons. The van der Waals surface area contributed by atoms with Crippen molar-refractivity contribution < 1.29 is 4.79 Å². The average Bonchev–Trinajstić information content (AvgIpc) is 2.14. The first-order valence-electron chi connectivity index (χ1n) is 5.82. The highest BCUT2D eigenvalue weighted by Gasteiger charge is 2.34. The molecule has 0 fully saturated rings. The lowest BCUT2D eigenvalue weighted by atomic mass is 9.68. The molecule has 2 nitrogen and oxygen atoms in total. The molecule has 90 valence electrons. The van der Waals surface area contributed by atoms with E-state index >= 15 is 0 Å². The lowest BCUT2D eigenvalue weighted by Gasteiger charge is -2.35. The molecule has 1 aliphatic rings. The second-order valence-corrected chi connectivity index (χ2v) is 5.37. The Hall–Kier alpha value is -1.62. The minimum atomic E-state index is -0.0423. The van der Waals surface area contributed by atoms with Crippen molar-refractivity contribution in [3.63, 3.8) is 0 Å². The summed E-state index contributed by atoms with van der Waals surface area (Å²) >= 11 is 0. The normalized spacial score (nSPS) is 24.6. The van der Waals surface area contributed by atoms with Gasteiger partial charge in [-0.05, 0) is 30.9 Å². The van der Waals surface area contributed by atoms with Gasteiger partial charge in [-0.15, -0.1) is 0 Å². The van der Waals surface area contributed by atoms with Crippen molar-refractivity contribution in [2.24, 2.45) is 11.3 Å². The number of allylic oxidation sites excluding steroid dienone is 6. The number of carbonyl (C=O) groups excluding carboxylic acids is 1. The highest BCUT2D eigenvalue weighted by Crippen LogP contribution is 2.40. The third-order valence-electron chi connectivity index (χ3n) is 3.19. The van der Waals surface area contributed by atoms with Gasteiger partial charge in [0, 0.05) is 18.4 Å². The highest BCUT2D eigenvalue weighted by atomic mass is 16.1. The zero-order valence-electron chi connectivity index (χ0n) is 10.9. The van der Waals surface area contributed by atoms with E-state index in [4.69, 9.17) is 5.26 Å². The van der Waals surface area contributed by atoms with Crippen LogP contribution in [0.3, 0.4) is 0 Å². The van der Waals surface area contributed by atoms with Gasteiger partial charge in [0.25, 0.3) is 0 Å². The van der Waals surface area contributed by atoms with Gasteiger partial charge in [0.15, 0.2) is 5.78 Å². The van der Waals surface area contributed by atoms with E-state index in [1.54, 1.807) is 6.08 Å². The van der Waals surface area contributed by atoms with Crippen LogP contribution in [0.15, 0.2) is 35.5 Å². The molecule has 1 atom stereocenters. The van der Waals surface area contributed by atoms with Crippen LogP contribution in [-0.2, 0) is 4.79 Å². The molecule has 1 rings (SSSR count). The zero-order chi connectivity index (χ0) is 13.1. The van der Waals surface area contributed by atoms with E-state index in [0.717, 1.165) is 11.1 Å². The maximum atomic E-state index is 11.5. The van der Waals surface area contributed by atoms with Crippen LogP contribution < -0.4 is 0 Å². The summed E-state index contributed by atoms with van der Waals surface area (Å²) in [6.45, 7) is 8.12. The Kier molecular flexibility index (Phi) is 4.07. The van der Waals surface area contributed by atoms with E-state index < -0.39 is 0 Å². The average molecular weight is 229 g/mol. The van der Waals surface area contributed by atoms with Crippen molar-refractivity contribution in [1.82, 2.24) is 0 Å². The van der Waals surface area contributed by atoms with E-state index in [2.05, 4.69) is 19.9 Å². The lowest BCUT2D eigenvalue weighted by Crippen LogP contribution is -2.30. The maximum Gasteiger partial charge on any atom is 0.156 e. The minimum Gasteiger partial charge on any atom is -0.295 e. The van der Waals surface area contributed by atoms with E-state index in [9.17, 15) is 4.79 Å². The number of hydrogen-bond acceptors (Lipinski definition) is 2. The zero-order valence-corrected chi connectivity index (χ0v) is 10.9. The Labute approximate surface area is 103 Å². The number of hydrogen-bond donors (Lipinski definition) is 0. The predicted molar refractivity (Wildman–Crippen MR) is 69.2 cm³/mol. The van der Waals surface area contributed by atoms with Crippen molar-refractivity contribution in [1.29, 1.82) is 5.26 Å². The third-order valence-corrected chi connectivity index (χ3v) is 3.19. The molecule has 0 aliphatic heterocycles. The molecule has 0 unspecified atom stereocenters. The van der Waals surface area contributed by atoms with Gasteiger partial charge < -0.3 is 0 Å². The molecular formula is C15H19NO. The van der Waals surface area contributed by atoms with Gasteiger partial charge in [0.05, 0.1) is 6.07 Å². The molecular weight excluding hydrogens is 210 g/mol. The highest BCUT2D eigenvalue weighted by molar-refractivity contribution is 5.92. The Morgan fingerprint density at radius 1 is 1.59 bits per heavy atom. The summed E-state index contributed by atoms with van der Waals surface area (Å²) in [5.41, 5.74) is 2.00. The van der Waals surface area contributed by atoms with Crippen LogP contribution in [0.25, 0.3) is 0 Å². The van der Waals surface area contributed by atoms with Crippen LogP contribution in [0.2, 0.25) is 0 Å². The molecule has 0 saturated carbocycles. The fourth-order valence-corrected chi connectivity index (χ4v) is 2.38. The summed E-state index contributed by atoms with van der Waals surface area (Å²) in [7, 11) is 0. The Morgan fingerprint density at radius 3 is 2.76 bits per heavy atom. The van der Waals surface area contributed by atoms with Crippen LogP contribution in [0.1, 0.15) is 34.1 Å². The summed E-state index contributed by atoms with van der Waals surface area (Å²) in [5.74, 6) is 0.476. The largest absolute Gasteiger partial charge is 0.295 e. The van der Waals surface area contributed by atoms with Gasteiger partial charge in [0.2, 0.25) is 0 Å². The fourth-order valence-electron chi connectivity index (χ4n) is 2.38. The van der Waals surface area contributed by atoms with Crippen molar-refractivity contribution in [3.05, 3.63) is 35.5 Å². The molecule has 0 aromatic heterocycles. The van der Waals surface area contributed by atoms with Crippen molar-refractivity contribution in [3.8, 4) is 6.07 Å². The van der Waals surface area contributed by atoms with Crippen LogP contribution in [0.4, 0.5) is 0 Å². The molecule has 0 bridgehead atoms. The summed E-state index contributed by atoms with van der Waals surface area (Å²) in [6.07, 6.45) is 7.91. The number of nitrogens with zero attached hydrogens (tertiary/aromatic N) is 1. The number of rotatable bonds is 2. The smallest absolute Gasteiger partial charge is 0.156 e. The van der Waals surface area contributed by atoms with Gasteiger partial charge in [-0.1, -0.05) is 31.6 Å². The topological polar surface area (TPSA) is 40.9 Å². The predicted octanol–water partition coefficient (Wildman–Crippen LogP) is 3.57. The van der Waals surface area contributed by atoms with Gasteiger partial charge >= 0.3 is 0 Å². The minimum absolute atomic E-state index is 0.0423. The number of carbonyl (C=O) groups is 1. The van der Waals surface area contributed by atoms with E-state index in [1.807, 2.05) is 26.0 Å². The number of nitriles is 1. The molecule has 0 spiro atoms. The quantitative estimate of drug-likeness (QED) is 0.536. The SMILES string of the molecule is CC1=CC(=O)CC(C)(C)[C@@H]1/C=C/C(C)=C/C#N.